The third-order valence-electron chi connectivity index (χ3n) is 5.00. The van der Waals surface area contributed by atoms with Crippen molar-refractivity contribution in [2.75, 3.05) is 24.5 Å². The Balaban J connectivity index is 1.70. The summed E-state index contributed by atoms with van der Waals surface area (Å²) in [7, 11) is 0. The van der Waals surface area contributed by atoms with Gasteiger partial charge in [-0.2, -0.15) is 0 Å². The molecule has 1 atom stereocenters. The first kappa shape index (κ1) is 20.8. The van der Waals surface area contributed by atoms with Crippen molar-refractivity contribution < 1.29 is 9.53 Å². The molecular formula is C21H29N5O3. The highest BCUT2D eigenvalue weighted by molar-refractivity contribution is 5.69. The van der Waals surface area contributed by atoms with Crippen molar-refractivity contribution >= 4 is 11.9 Å². The molecule has 0 aliphatic carbocycles. The summed E-state index contributed by atoms with van der Waals surface area (Å²) < 4.78 is 5.50. The van der Waals surface area contributed by atoms with Gasteiger partial charge in [0.1, 0.15) is 17.2 Å². The van der Waals surface area contributed by atoms with E-state index in [9.17, 15) is 9.59 Å². The van der Waals surface area contributed by atoms with Crippen LogP contribution in [0.2, 0.25) is 0 Å². The average molecular weight is 399 g/mol. The monoisotopic (exact) mass is 399 g/mol. The van der Waals surface area contributed by atoms with Crippen molar-refractivity contribution in [2.24, 2.45) is 0 Å². The molecule has 8 heteroatoms. The highest BCUT2D eigenvalue weighted by atomic mass is 16.6. The Labute approximate surface area is 170 Å². The topological polar surface area (TPSA) is 91.4 Å². The summed E-state index contributed by atoms with van der Waals surface area (Å²) in [6.45, 7) is 13.1. The van der Waals surface area contributed by atoms with E-state index >= 15 is 0 Å². The van der Waals surface area contributed by atoms with E-state index in [2.05, 4.69) is 19.9 Å². The lowest BCUT2D eigenvalue weighted by Gasteiger charge is -2.40. The fraction of sp³-hybridized carbons (Fsp3) is 0.524. The molecule has 2 aromatic rings. The summed E-state index contributed by atoms with van der Waals surface area (Å²) in [5.74, 6) is 1.34. The Morgan fingerprint density at radius 3 is 2.52 bits per heavy atom. The molecule has 29 heavy (non-hydrogen) atoms. The molecule has 1 saturated heterocycles. The van der Waals surface area contributed by atoms with Gasteiger partial charge in [-0.25, -0.2) is 14.8 Å². The number of ether oxygens (including phenoxy) is 1. The number of amides is 1. The number of aromatic nitrogens is 3. The standard InChI is InChI=1S/C21H29N5O3/c1-13-12-25(9-10-26(13)20(28)29-21(4,5)6)17-8-7-16(11-22-17)18-23-15(3)14(2)19(27)24-18/h7-8,11,13H,9-10,12H2,1-6H3,(H,23,24,27)/t13-/m1/s1. The van der Waals surface area contributed by atoms with Gasteiger partial charge in [-0.05, 0) is 53.7 Å². The highest BCUT2D eigenvalue weighted by Gasteiger charge is 2.31. The summed E-state index contributed by atoms with van der Waals surface area (Å²) in [4.78, 5) is 40.1. The zero-order valence-electron chi connectivity index (χ0n) is 17.9. The molecule has 0 aromatic carbocycles. The number of aromatic amines is 1. The van der Waals surface area contributed by atoms with E-state index in [1.54, 1.807) is 18.0 Å². The zero-order valence-corrected chi connectivity index (χ0v) is 17.9. The van der Waals surface area contributed by atoms with Gasteiger partial charge in [-0.3, -0.25) is 4.79 Å². The van der Waals surface area contributed by atoms with Gasteiger partial charge in [0.15, 0.2) is 0 Å². The number of nitrogens with zero attached hydrogens (tertiary/aromatic N) is 4. The normalized spacial score (nSPS) is 17.4. The zero-order chi connectivity index (χ0) is 21.3. The van der Waals surface area contributed by atoms with Crippen LogP contribution in [0.4, 0.5) is 10.6 Å². The van der Waals surface area contributed by atoms with Crippen LogP contribution in [-0.2, 0) is 4.74 Å². The molecule has 2 aromatic heterocycles. The Morgan fingerprint density at radius 2 is 1.97 bits per heavy atom. The molecule has 156 valence electrons. The summed E-state index contributed by atoms with van der Waals surface area (Å²) in [6, 6.07) is 3.83. The highest BCUT2D eigenvalue weighted by Crippen LogP contribution is 2.22. The summed E-state index contributed by atoms with van der Waals surface area (Å²) >= 11 is 0. The predicted molar refractivity (Wildman–Crippen MR) is 112 cm³/mol. The van der Waals surface area contributed by atoms with Crippen LogP contribution in [0.25, 0.3) is 11.4 Å². The van der Waals surface area contributed by atoms with Crippen LogP contribution >= 0.6 is 0 Å². The van der Waals surface area contributed by atoms with Gasteiger partial charge in [0.25, 0.3) is 5.56 Å². The molecule has 1 aliphatic heterocycles. The first-order valence-electron chi connectivity index (χ1n) is 9.83. The summed E-state index contributed by atoms with van der Waals surface area (Å²) in [5, 5.41) is 0. The van der Waals surface area contributed by atoms with Gasteiger partial charge in [0.05, 0.1) is 0 Å². The maximum Gasteiger partial charge on any atom is 0.410 e. The van der Waals surface area contributed by atoms with Crippen LogP contribution in [0.1, 0.15) is 39.0 Å². The molecule has 1 N–H and O–H groups in total. The average Bonchev–Trinajstić information content (AvgIpc) is 2.64. The van der Waals surface area contributed by atoms with Crippen LogP contribution in [-0.4, -0.2) is 57.2 Å². The van der Waals surface area contributed by atoms with Crippen molar-refractivity contribution in [3.05, 3.63) is 39.9 Å². The molecule has 1 amide bonds. The number of aryl methyl sites for hydroxylation is 1. The maximum atomic E-state index is 12.4. The molecular weight excluding hydrogens is 370 g/mol. The van der Waals surface area contributed by atoms with Gasteiger partial charge >= 0.3 is 6.09 Å². The lowest BCUT2D eigenvalue weighted by atomic mass is 10.2. The predicted octanol–water partition coefficient (Wildman–Crippen LogP) is 2.89. The largest absolute Gasteiger partial charge is 0.444 e. The lowest BCUT2D eigenvalue weighted by molar-refractivity contribution is 0.0158. The van der Waals surface area contributed by atoms with Gasteiger partial charge in [-0.1, -0.05) is 0 Å². The van der Waals surface area contributed by atoms with Crippen molar-refractivity contribution in [1.82, 2.24) is 19.9 Å². The number of pyridine rings is 1. The van der Waals surface area contributed by atoms with Gasteiger partial charge in [0, 0.05) is 48.7 Å². The smallest absolute Gasteiger partial charge is 0.410 e. The molecule has 0 spiro atoms. The number of anilines is 1. The molecule has 8 nitrogen and oxygen atoms in total. The van der Waals surface area contributed by atoms with Crippen LogP contribution < -0.4 is 10.5 Å². The second-order valence-electron chi connectivity index (χ2n) is 8.50. The Hall–Kier alpha value is -2.90. The quantitative estimate of drug-likeness (QED) is 0.835. The van der Waals surface area contributed by atoms with Crippen molar-refractivity contribution in [3.8, 4) is 11.4 Å². The van der Waals surface area contributed by atoms with Crippen LogP contribution in [0.3, 0.4) is 0 Å². The minimum absolute atomic E-state index is 0.0119. The molecule has 0 saturated carbocycles. The third-order valence-corrected chi connectivity index (χ3v) is 5.00. The van der Waals surface area contributed by atoms with Gasteiger partial charge in [0.2, 0.25) is 0 Å². The molecule has 3 heterocycles. The Bertz CT molecular complexity index is 946. The molecule has 0 unspecified atom stereocenters. The Morgan fingerprint density at radius 1 is 1.24 bits per heavy atom. The summed E-state index contributed by atoms with van der Waals surface area (Å²) in [6.07, 6.45) is 1.44. The van der Waals surface area contributed by atoms with Gasteiger partial charge < -0.3 is 19.5 Å². The number of carbonyl (C=O) groups excluding carboxylic acids is 1. The number of hydrogen-bond acceptors (Lipinski definition) is 6. The minimum atomic E-state index is -0.505. The van der Waals surface area contributed by atoms with E-state index < -0.39 is 5.60 Å². The molecule has 1 fully saturated rings. The van der Waals surface area contributed by atoms with Crippen LogP contribution in [0, 0.1) is 13.8 Å². The number of carbonyl (C=O) groups is 1. The molecule has 0 radical (unpaired) electrons. The van der Waals surface area contributed by atoms with E-state index in [-0.39, 0.29) is 17.7 Å². The van der Waals surface area contributed by atoms with Crippen molar-refractivity contribution in [2.45, 2.75) is 53.2 Å². The second kappa shape index (κ2) is 7.85. The molecule has 1 aliphatic rings. The van der Waals surface area contributed by atoms with E-state index in [0.29, 0.717) is 36.7 Å². The first-order valence-corrected chi connectivity index (χ1v) is 9.83. The summed E-state index contributed by atoms with van der Waals surface area (Å²) in [5.41, 5.74) is 1.45. The number of H-pyrrole nitrogens is 1. The second-order valence-corrected chi connectivity index (χ2v) is 8.50. The maximum absolute atomic E-state index is 12.4. The first-order chi connectivity index (χ1) is 13.5. The van der Waals surface area contributed by atoms with Crippen molar-refractivity contribution in [1.29, 1.82) is 0 Å². The minimum Gasteiger partial charge on any atom is -0.444 e. The Kier molecular flexibility index (Phi) is 5.64. The fourth-order valence-electron chi connectivity index (χ4n) is 3.25. The third kappa shape index (κ3) is 4.75. The van der Waals surface area contributed by atoms with Gasteiger partial charge in [-0.15, -0.1) is 0 Å². The SMILES string of the molecule is Cc1nc(-c2ccc(N3CCN(C(=O)OC(C)(C)C)[C@H](C)C3)nc2)[nH]c(=O)c1C. The fourth-order valence-corrected chi connectivity index (χ4v) is 3.25. The number of nitrogens with one attached hydrogen (secondary N) is 1. The van der Waals surface area contributed by atoms with E-state index in [1.165, 1.54) is 0 Å². The lowest BCUT2D eigenvalue weighted by Crippen LogP contribution is -2.55. The molecule has 0 bridgehead atoms. The van der Waals surface area contributed by atoms with Crippen LogP contribution in [0.15, 0.2) is 23.1 Å². The van der Waals surface area contributed by atoms with E-state index in [4.69, 9.17) is 4.74 Å². The van der Waals surface area contributed by atoms with E-state index in [0.717, 1.165) is 11.4 Å². The van der Waals surface area contributed by atoms with E-state index in [1.807, 2.05) is 46.8 Å². The van der Waals surface area contributed by atoms with Crippen molar-refractivity contribution in [3.63, 3.8) is 0 Å². The number of piperazine rings is 1. The number of hydrogen-bond donors (Lipinski definition) is 1. The van der Waals surface area contributed by atoms with Crippen LogP contribution in [0.5, 0.6) is 0 Å². The molecule has 3 rings (SSSR count). The number of rotatable bonds is 2.